The highest BCUT2D eigenvalue weighted by Crippen LogP contribution is 2.26. The lowest BCUT2D eigenvalue weighted by Crippen LogP contribution is -2.24. The lowest BCUT2D eigenvalue weighted by Gasteiger charge is -2.21. The standard InChI is InChI=1S/C13H16N2O/c1-3-10-4-6-11(7-5-10)13(2,16)12-14-8-9-15-12/h4-9,16H,3H2,1-2H3,(H,14,15)/t13-/m1/s1. The van der Waals surface area contributed by atoms with Crippen LogP contribution in [0.5, 0.6) is 0 Å². The van der Waals surface area contributed by atoms with E-state index in [0.29, 0.717) is 5.82 Å². The van der Waals surface area contributed by atoms with E-state index in [4.69, 9.17) is 0 Å². The molecule has 0 aliphatic carbocycles. The van der Waals surface area contributed by atoms with Crippen LogP contribution in [-0.2, 0) is 12.0 Å². The fourth-order valence-electron chi connectivity index (χ4n) is 1.73. The Morgan fingerprint density at radius 2 is 2.00 bits per heavy atom. The Labute approximate surface area is 95.2 Å². The monoisotopic (exact) mass is 216 g/mol. The van der Waals surface area contributed by atoms with Gasteiger partial charge in [0.05, 0.1) is 0 Å². The van der Waals surface area contributed by atoms with Gasteiger partial charge in [-0.1, -0.05) is 31.2 Å². The maximum atomic E-state index is 10.4. The van der Waals surface area contributed by atoms with Crippen molar-refractivity contribution in [1.82, 2.24) is 9.97 Å². The van der Waals surface area contributed by atoms with Crippen LogP contribution in [0, 0.1) is 0 Å². The van der Waals surface area contributed by atoms with Gasteiger partial charge in [-0.3, -0.25) is 0 Å². The smallest absolute Gasteiger partial charge is 0.144 e. The van der Waals surface area contributed by atoms with Crippen LogP contribution in [0.1, 0.15) is 30.8 Å². The van der Waals surface area contributed by atoms with Crippen LogP contribution in [-0.4, -0.2) is 15.1 Å². The molecule has 2 N–H and O–H groups in total. The number of aromatic nitrogens is 2. The normalized spacial score (nSPS) is 14.7. The topological polar surface area (TPSA) is 48.9 Å². The molecular weight excluding hydrogens is 200 g/mol. The molecule has 0 saturated carbocycles. The van der Waals surface area contributed by atoms with Crippen molar-refractivity contribution in [2.24, 2.45) is 0 Å². The first kappa shape index (κ1) is 10.9. The number of hydrogen-bond acceptors (Lipinski definition) is 2. The predicted molar refractivity (Wildman–Crippen MR) is 63.1 cm³/mol. The van der Waals surface area contributed by atoms with E-state index in [0.717, 1.165) is 12.0 Å². The molecule has 1 aromatic heterocycles. The summed E-state index contributed by atoms with van der Waals surface area (Å²) in [5.74, 6) is 0.566. The molecule has 0 aliphatic heterocycles. The molecule has 0 saturated heterocycles. The third-order valence-electron chi connectivity index (χ3n) is 2.88. The van der Waals surface area contributed by atoms with Gasteiger partial charge in [0.1, 0.15) is 11.4 Å². The second-order valence-corrected chi connectivity index (χ2v) is 4.06. The molecule has 1 atom stereocenters. The fraction of sp³-hybridized carbons (Fsp3) is 0.308. The molecule has 0 amide bonds. The molecule has 0 spiro atoms. The van der Waals surface area contributed by atoms with Gasteiger partial charge in [0.2, 0.25) is 0 Å². The first-order valence-corrected chi connectivity index (χ1v) is 5.46. The molecule has 1 aromatic carbocycles. The van der Waals surface area contributed by atoms with Crippen molar-refractivity contribution in [1.29, 1.82) is 0 Å². The first-order chi connectivity index (χ1) is 7.64. The number of hydrogen-bond donors (Lipinski definition) is 2. The second kappa shape index (κ2) is 4.10. The summed E-state index contributed by atoms with van der Waals surface area (Å²) in [7, 11) is 0. The summed E-state index contributed by atoms with van der Waals surface area (Å²) in [4.78, 5) is 7.04. The van der Waals surface area contributed by atoms with Gasteiger partial charge < -0.3 is 10.1 Å². The minimum Gasteiger partial charge on any atom is -0.377 e. The molecule has 3 heteroatoms. The van der Waals surface area contributed by atoms with Gasteiger partial charge in [-0.15, -0.1) is 0 Å². The van der Waals surface area contributed by atoms with Crippen molar-refractivity contribution in [2.75, 3.05) is 0 Å². The number of nitrogens with one attached hydrogen (secondary N) is 1. The largest absolute Gasteiger partial charge is 0.377 e. The average molecular weight is 216 g/mol. The average Bonchev–Trinajstić information content (AvgIpc) is 2.83. The summed E-state index contributed by atoms with van der Waals surface area (Å²) in [6.07, 6.45) is 4.36. The van der Waals surface area contributed by atoms with Gasteiger partial charge in [-0.05, 0) is 24.5 Å². The Hall–Kier alpha value is -1.61. The lowest BCUT2D eigenvalue weighted by molar-refractivity contribution is 0.0931. The predicted octanol–water partition coefficient (Wildman–Crippen LogP) is 2.23. The highest BCUT2D eigenvalue weighted by molar-refractivity contribution is 5.31. The van der Waals surface area contributed by atoms with E-state index in [1.807, 2.05) is 24.3 Å². The number of rotatable bonds is 3. The molecule has 1 heterocycles. The highest BCUT2D eigenvalue weighted by atomic mass is 16.3. The molecule has 3 nitrogen and oxygen atoms in total. The van der Waals surface area contributed by atoms with E-state index >= 15 is 0 Å². The lowest BCUT2D eigenvalue weighted by atomic mass is 9.94. The minimum atomic E-state index is -1.06. The van der Waals surface area contributed by atoms with E-state index in [2.05, 4.69) is 16.9 Å². The van der Waals surface area contributed by atoms with Crippen molar-refractivity contribution in [2.45, 2.75) is 25.9 Å². The highest BCUT2D eigenvalue weighted by Gasteiger charge is 2.27. The van der Waals surface area contributed by atoms with Crippen LogP contribution in [0.25, 0.3) is 0 Å². The minimum absolute atomic E-state index is 0.566. The van der Waals surface area contributed by atoms with Crippen molar-refractivity contribution in [3.63, 3.8) is 0 Å². The van der Waals surface area contributed by atoms with E-state index in [1.54, 1.807) is 19.3 Å². The second-order valence-electron chi connectivity index (χ2n) is 4.06. The van der Waals surface area contributed by atoms with E-state index < -0.39 is 5.60 Å². The molecule has 0 fully saturated rings. The zero-order valence-corrected chi connectivity index (χ0v) is 9.57. The first-order valence-electron chi connectivity index (χ1n) is 5.46. The van der Waals surface area contributed by atoms with Crippen molar-refractivity contribution >= 4 is 0 Å². The van der Waals surface area contributed by atoms with Crippen LogP contribution in [0.4, 0.5) is 0 Å². The van der Waals surface area contributed by atoms with Crippen molar-refractivity contribution in [3.8, 4) is 0 Å². The maximum Gasteiger partial charge on any atom is 0.144 e. The number of nitrogens with zero attached hydrogens (tertiary/aromatic N) is 1. The van der Waals surface area contributed by atoms with Gasteiger partial charge in [0.15, 0.2) is 0 Å². The summed E-state index contributed by atoms with van der Waals surface area (Å²) in [6, 6.07) is 7.96. The Morgan fingerprint density at radius 1 is 1.31 bits per heavy atom. The number of benzene rings is 1. The molecular formula is C13H16N2O. The fourth-order valence-corrected chi connectivity index (χ4v) is 1.73. The molecule has 2 aromatic rings. The molecule has 0 bridgehead atoms. The van der Waals surface area contributed by atoms with Gasteiger partial charge in [-0.25, -0.2) is 4.98 Å². The number of aryl methyl sites for hydroxylation is 1. The Kier molecular flexibility index (Phi) is 2.79. The maximum absolute atomic E-state index is 10.4. The number of aromatic amines is 1. The Morgan fingerprint density at radius 3 is 2.50 bits per heavy atom. The molecule has 0 radical (unpaired) electrons. The van der Waals surface area contributed by atoms with Gasteiger partial charge in [0.25, 0.3) is 0 Å². The summed E-state index contributed by atoms with van der Waals surface area (Å²) in [6.45, 7) is 3.85. The van der Waals surface area contributed by atoms with Crippen LogP contribution >= 0.6 is 0 Å². The third-order valence-corrected chi connectivity index (χ3v) is 2.88. The molecule has 16 heavy (non-hydrogen) atoms. The zero-order valence-electron chi connectivity index (χ0n) is 9.57. The van der Waals surface area contributed by atoms with Crippen molar-refractivity contribution < 1.29 is 5.11 Å². The number of imidazole rings is 1. The summed E-state index contributed by atoms with van der Waals surface area (Å²) in [5.41, 5.74) is 1.05. The molecule has 2 rings (SSSR count). The molecule has 0 unspecified atom stereocenters. The number of H-pyrrole nitrogens is 1. The molecule has 0 aliphatic rings. The van der Waals surface area contributed by atoms with E-state index in [1.165, 1.54) is 5.56 Å². The van der Waals surface area contributed by atoms with Gasteiger partial charge >= 0.3 is 0 Å². The van der Waals surface area contributed by atoms with Gasteiger partial charge in [-0.2, -0.15) is 0 Å². The van der Waals surface area contributed by atoms with Gasteiger partial charge in [0, 0.05) is 12.4 Å². The Bertz CT molecular complexity index is 443. The van der Waals surface area contributed by atoms with Crippen LogP contribution in [0.3, 0.4) is 0 Å². The zero-order chi connectivity index (χ0) is 11.6. The summed E-state index contributed by atoms with van der Waals surface area (Å²) >= 11 is 0. The molecule has 84 valence electrons. The van der Waals surface area contributed by atoms with E-state index in [9.17, 15) is 5.11 Å². The van der Waals surface area contributed by atoms with Crippen LogP contribution in [0.15, 0.2) is 36.7 Å². The van der Waals surface area contributed by atoms with Crippen LogP contribution < -0.4 is 0 Å². The quantitative estimate of drug-likeness (QED) is 0.826. The van der Waals surface area contributed by atoms with Crippen molar-refractivity contribution in [3.05, 3.63) is 53.6 Å². The summed E-state index contributed by atoms with van der Waals surface area (Å²) in [5, 5.41) is 10.4. The van der Waals surface area contributed by atoms with Crippen LogP contribution in [0.2, 0.25) is 0 Å². The van der Waals surface area contributed by atoms with E-state index in [-0.39, 0.29) is 0 Å². The summed E-state index contributed by atoms with van der Waals surface area (Å²) < 4.78 is 0. The SMILES string of the molecule is CCc1ccc([C@@](C)(O)c2ncc[nH]2)cc1. The number of aliphatic hydroxyl groups is 1. The third kappa shape index (κ3) is 1.86. The Balaban J connectivity index is 2.35.